The molecule has 0 aliphatic carbocycles. The van der Waals surface area contributed by atoms with E-state index in [1.165, 1.54) is 0 Å². The molecule has 1 atom stereocenters. The lowest BCUT2D eigenvalue weighted by atomic mass is 10.1. The number of piperazine rings is 1. The molecule has 1 unspecified atom stereocenters. The summed E-state index contributed by atoms with van der Waals surface area (Å²) in [5, 5.41) is 0.806. The highest BCUT2D eigenvalue weighted by molar-refractivity contribution is 5.94. The van der Waals surface area contributed by atoms with Crippen molar-refractivity contribution in [2.24, 2.45) is 0 Å². The van der Waals surface area contributed by atoms with Gasteiger partial charge in [0.1, 0.15) is 12.4 Å². The van der Waals surface area contributed by atoms with Gasteiger partial charge in [-0.15, -0.1) is 0 Å². The van der Waals surface area contributed by atoms with Gasteiger partial charge in [-0.25, -0.2) is 4.98 Å². The van der Waals surface area contributed by atoms with Crippen LogP contribution in [0.4, 0.5) is 11.5 Å². The molecule has 2 aliphatic rings. The number of amides is 1. The van der Waals surface area contributed by atoms with E-state index in [0.29, 0.717) is 54.9 Å². The summed E-state index contributed by atoms with van der Waals surface area (Å²) >= 11 is 0. The maximum atomic E-state index is 13.0. The summed E-state index contributed by atoms with van der Waals surface area (Å²) < 4.78 is 22.4. The molecule has 1 fully saturated rings. The van der Waals surface area contributed by atoms with Gasteiger partial charge in [0.05, 0.1) is 19.7 Å². The van der Waals surface area contributed by atoms with Gasteiger partial charge in [-0.3, -0.25) is 4.79 Å². The number of nitrogen functional groups attached to an aromatic ring is 1. The Labute approximate surface area is 191 Å². The van der Waals surface area contributed by atoms with Gasteiger partial charge in [-0.2, -0.15) is 0 Å². The molecule has 33 heavy (non-hydrogen) atoms. The lowest BCUT2D eigenvalue weighted by molar-refractivity contribution is -0.141. The number of aromatic nitrogens is 1. The number of benzene rings is 2. The smallest absolute Gasteiger partial charge is 0.267 e. The van der Waals surface area contributed by atoms with Crippen molar-refractivity contribution in [2.45, 2.75) is 6.10 Å². The molecule has 0 spiro atoms. The monoisotopic (exact) mass is 450 g/mol. The summed E-state index contributed by atoms with van der Waals surface area (Å²) in [6, 6.07) is 12.9. The second-order valence-electron chi connectivity index (χ2n) is 7.97. The molecule has 2 aliphatic heterocycles. The first-order valence-corrected chi connectivity index (χ1v) is 10.8. The molecule has 0 saturated carbocycles. The fourth-order valence-corrected chi connectivity index (χ4v) is 4.23. The number of para-hydroxylation sites is 2. The van der Waals surface area contributed by atoms with Crippen LogP contribution in [0.15, 0.2) is 42.5 Å². The average molecular weight is 450 g/mol. The van der Waals surface area contributed by atoms with E-state index in [9.17, 15) is 4.79 Å². The number of carbonyl (C=O) groups excluding carboxylic acids is 1. The quantitative estimate of drug-likeness (QED) is 0.647. The van der Waals surface area contributed by atoms with E-state index in [4.69, 9.17) is 29.7 Å². The Morgan fingerprint density at radius 3 is 2.45 bits per heavy atom. The van der Waals surface area contributed by atoms with E-state index in [2.05, 4.69) is 4.90 Å². The zero-order valence-electron chi connectivity index (χ0n) is 18.6. The number of hydrogen-bond acceptors (Lipinski definition) is 8. The minimum absolute atomic E-state index is 0.0630. The van der Waals surface area contributed by atoms with Gasteiger partial charge in [0.2, 0.25) is 6.10 Å². The third-order valence-corrected chi connectivity index (χ3v) is 6.03. The van der Waals surface area contributed by atoms with Crippen LogP contribution in [0, 0.1) is 0 Å². The topological polar surface area (TPSA) is 99.4 Å². The number of rotatable bonds is 4. The van der Waals surface area contributed by atoms with E-state index in [-0.39, 0.29) is 12.5 Å². The second-order valence-corrected chi connectivity index (χ2v) is 7.97. The first-order chi connectivity index (χ1) is 16.1. The third-order valence-electron chi connectivity index (χ3n) is 6.03. The lowest BCUT2D eigenvalue weighted by Crippen LogP contribution is -2.54. The fourth-order valence-electron chi connectivity index (χ4n) is 4.23. The van der Waals surface area contributed by atoms with Crippen LogP contribution >= 0.6 is 0 Å². The van der Waals surface area contributed by atoms with Crippen LogP contribution in [0.3, 0.4) is 0 Å². The van der Waals surface area contributed by atoms with Gasteiger partial charge < -0.3 is 34.5 Å². The number of pyridine rings is 1. The van der Waals surface area contributed by atoms with Crippen molar-refractivity contribution in [1.82, 2.24) is 9.88 Å². The third kappa shape index (κ3) is 3.90. The molecule has 1 amide bonds. The summed E-state index contributed by atoms with van der Waals surface area (Å²) in [6.07, 6.45) is -0.636. The molecule has 3 aromatic rings. The summed E-state index contributed by atoms with van der Waals surface area (Å²) in [5.41, 5.74) is 7.67. The van der Waals surface area contributed by atoms with Crippen LogP contribution in [-0.2, 0) is 4.79 Å². The molecule has 1 aromatic heterocycles. The standard InChI is InChI=1S/C24H26N4O5/c1-30-20-11-15-16(25)12-23(26-17(15)13-21(20)31-2)27-7-9-28(10-8-27)24(29)22-14-32-18-5-3-4-6-19(18)33-22/h3-6,11-13,22H,7-10,14H2,1-2H3,(H2,25,26). The Hall–Kier alpha value is -3.88. The molecule has 2 N–H and O–H groups in total. The van der Waals surface area contributed by atoms with Crippen LogP contribution < -0.4 is 29.6 Å². The zero-order chi connectivity index (χ0) is 22.9. The molecule has 0 radical (unpaired) electrons. The number of carbonyl (C=O) groups is 1. The molecule has 172 valence electrons. The Bertz CT molecular complexity index is 1190. The highest BCUT2D eigenvalue weighted by Gasteiger charge is 2.33. The molecule has 5 rings (SSSR count). The van der Waals surface area contributed by atoms with Gasteiger partial charge in [0, 0.05) is 49.4 Å². The number of fused-ring (bicyclic) bond motifs is 2. The second kappa shape index (κ2) is 8.57. The maximum absolute atomic E-state index is 13.0. The van der Waals surface area contributed by atoms with Crippen LogP contribution in [0.25, 0.3) is 10.9 Å². The summed E-state index contributed by atoms with van der Waals surface area (Å²) in [6.45, 7) is 2.62. The van der Waals surface area contributed by atoms with Gasteiger partial charge in [-0.1, -0.05) is 12.1 Å². The zero-order valence-corrected chi connectivity index (χ0v) is 18.6. The van der Waals surface area contributed by atoms with Crippen molar-refractivity contribution in [2.75, 3.05) is 57.6 Å². The van der Waals surface area contributed by atoms with E-state index in [1.54, 1.807) is 14.2 Å². The predicted octanol–water partition coefficient (Wildman–Crippen LogP) is 2.32. The number of nitrogens with zero attached hydrogens (tertiary/aromatic N) is 3. The van der Waals surface area contributed by atoms with Crippen molar-refractivity contribution in [3.05, 3.63) is 42.5 Å². The van der Waals surface area contributed by atoms with Gasteiger partial charge >= 0.3 is 0 Å². The number of methoxy groups -OCH3 is 2. The van der Waals surface area contributed by atoms with Crippen LogP contribution in [0.5, 0.6) is 23.0 Å². The highest BCUT2D eigenvalue weighted by atomic mass is 16.6. The van der Waals surface area contributed by atoms with Crippen molar-refractivity contribution >= 4 is 28.3 Å². The number of nitrogens with two attached hydrogens (primary N) is 1. The van der Waals surface area contributed by atoms with E-state index < -0.39 is 6.10 Å². The molecular weight excluding hydrogens is 424 g/mol. The highest BCUT2D eigenvalue weighted by Crippen LogP contribution is 2.35. The van der Waals surface area contributed by atoms with Crippen LogP contribution in [0.1, 0.15) is 0 Å². The summed E-state index contributed by atoms with van der Waals surface area (Å²) in [4.78, 5) is 21.7. The van der Waals surface area contributed by atoms with E-state index >= 15 is 0 Å². The van der Waals surface area contributed by atoms with Crippen molar-refractivity contribution in [3.63, 3.8) is 0 Å². The summed E-state index contributed by atoms with van der Waals surface area (Å²) in [5.74, 6) is 3.18. The largest absolute Gasteiger partial charge is 0.493 e. The first kappa shape index (κ1) is 21.0. The van der Waals surface area contributed by atoms with Gasteiger partial charge in [-0.05, 0) is 18.2 Å². The molecular formula is C24H26N4O5. The molecule has 3 heterocycles. The molecule has 0 bridgehead atoms. The number of anilines is 2. The normalized spacial score (nSPS) is 17.7. The Kier molecular flexibility index (Phi) is 5.45. The predicted molar refractivity (Wildman–Crippen MR) is 124 cm³/mol. The van der Waals surface area contributed by atoms with Crippen LogP contribution in [-0.4, -0.2) is 68.9 Å². The minimum Gasteiger partial charge on any atom is -0.493 e. The Morgan fingerprint density at radius 1 is 1.03 bits per heavy atom. The van der Waals surface area contributed by atoms with Crippen molar-refractivity contribution < 1.29 is 23.7 Å². The lowest BCUT2D eigenvalue weighted by Gasteiger charge is -2.37. The molecule has 9 heteroatoms. The molecule has 9 nitrogen and oxygen atoms in total. The Balaban J connectivity index is 1.28. The SMILES string of the molecule is COc1cc2nc(N3CCN(C(=O)C4COc5ccccc5O4)CC3)cc(N)c2cc1OC. The minimum atomic E-state index is -0.636. The average Bonchev–Trinajstić information content (AvgIpc) is 2.87. The first-order valence-electron chi connectivity index (χ1n) is 10.8. The maximum Gasteiger partial charge on any atom is 0.267 e. The molecule has 1 saturated heterocycles. The van der Waals surface area contributed by atoms with Crippen LogP contribution in [0.2, 0.25) is 0 Å². The van der Waals surface area contributed by atoms with Crippen molar-refractivity contribution in [1.29, 1.82) is 0 Å². The van der Waals surface area contributed by atoms with Gasteiger partial charge in [0.25, 0.3) is 5.91 Å². The van der Waals surface area contributed by atoms with Gasteiger partial charge in [0.15, 0.2) is 23.0 Å². The number of hydrogen-bond donors (Lipinski definition) is 1. The fraction of sp³-hybridized carbons (Fsp3) is 0.333. The molecule has 2 aromatic carbocycles. The van der Waals surface area contributed by atoms with E-state index in [1.807, 2.05) is 47.4 Å². The Morgan fingerprint density at radius 2 is 1.73 bits per heavy atom. The summed E-state index contributed by atoms with van der Waals surface area (Å²) in [7, 11) is 3.18. The van der Waals surface area contributed by atoms with Crippen molar-refractivity contribution in [3.8, 4) is 23.0 Å². The number of ether oxygens (including phenoxy) is 4. The van der Waals surface area contributed by atoms with E-state index in [0.717, 1.165) is 16.7 Å².